The van der Waals surface area contributed by atoms with Gasteiger partial charge in [-0.15, -0.1) is 0 Å². The second kappa shape index (κ2) is 11.3. The third kappa shape index (κ3) is 6.34. The van der Waals surface area contributed by atoms with E-state index >= 15 is 0 Å². The average Bonchev–Trinajstić information content (AvgIpc) is 3.21. The zero-order valence-electron chi connectivity index (χ0n) is 20.6. The van der Waals surface area contributed by atoms with Gasteiger partial charge in [0.1, 0.15) is 10.9 Å². The van der Waals surface area contributed by atoms with E-state index in [1.807, 2.05) is 38.1 Å². The number of nitrogens with zero attached hydrogens (tertiary/aromatic N) is 4. The van der Waals surface area contributed by atoms with Crippen molar-refractivity contribution in [1.82, 2.24) is 24.9 Å². The number of carbonyl (C=O) groups excluding carboxylic acids is 1. The molecule has 0 bridgehead atoms. The number of rotatable bonds is 9. The predicted molar refractivity (Wildman–Crippen MR) is 136 cm³/mol. The highest BCUT2D eigenvalue weighted by molar-refractivity contribution is 6.34. The van der Waals surface area contributed by atoms with Crippen molar-refractivity contribution in [2.45, 2.75) is 52.1 Å². The molecule has 0 spiro atoms. The normalized spacial score (nSPS) is 11.8. The quantitative estimate of drug-likeness (QED) is 0.313. The van der Waals surface area contributed by atoms with E-state index in [2.05, 4.69) is 15.5 Å². The molecule has 2 heterocycles. The summed E-state index contributed by atoms with van der Waals surface area (Å²) >= 11 is 6.34. The van der Waals surface area contributed by atoms with Crippen molar-refractivity contribution in [3.8, 4) is 11.4 Å². The number of nitrogens with one attached hydrogen (secondary N) is 1. The fraction of sp³-hybridized carbons (Fsp3) is 0.308. The largest absolute Gasteiger partial charge is 0.491 e. The van der Waals surface area contributed by atoms with Crippen LogP contribution in [0.15, 0.2) is 59.5 Å². The van der Waals surface area contributed by atoms with Crippen LogP contribution >= 0.6 is 11.6 Å². The van der Waals surface area contributed by atoms with Crippen LogP contribution in [0.4, 0.5) is 13.2 Å². The van der Waals surface area contributed by atoms with Crippen molar-refractivity contribution in [2.75, 3.05) is 0 Å². The van der Waals surface area contributed by atoms with Gasteiger partial charge in [-0.05, 0) is 62.2 Å². The number of ether oxygens (including phenoxy) is 1. The van der Waals surface area contributed by atoms with E-state index in [-0.39, 0.29) is 46.7 Å². The summed E-state index contributed by atoms with van der Waals surface area (Å²) in [5.41, 5.74) is -0.100. The van der Waals surface area contributed by atoms with Crippen LogP contribution in [0.25, 0.3) is 16.6 Å². The molecule has 2 aromatic carbocycles. The minimum absolute atomic E-state index is 0.0271. The van der Waals surface area contributed by atoms with E-state index in [0.29, 0.717) is 13.0 Å². The SMILES string of the molecule is CC(C)Oc1ccc(CNC(=O)CCCn2ncc3c(Cl)n(-c4ccc(C(F)(F)F)cc4)nc3c2=O)cc1. The molecule has 0 unspecified atom stereocenters. The lowest BCUT2D eigenvalue weighted by molar-refractivity contribution is -0.137. The Hall–Kier alpha value is -3.86. The Morgan fingerprint density at radius 3 is 2.42 bits per heavy atom. The van der Waals surface area contributed by atoms with Gasteiger partial charge in [-0.3, -0.25) is 9.59 Å². The maximum absolute atomic E-state index is 12.9. The van der Waals surface area contributed by atoms with Crippen LogP contribution in [0.2, 0.25) is 5.15 Å². The Kier molecular flexibility index (Phi) is 8.05. The van der Waals surface area contributed by atoms with Gasteiger partial charge in [0.05, 0.1) is 28.9 Å². The number of alkyl halides is 3. The van der Waals surface area contributed by atoms with E-state index in [4.69, 9.17) is 16.3 Å². The maximum Gasteiger partial charge on any atom is 0.416 e. The van der Waals surface area contributed by atoms with Gasteiger partial charge in [0.2, 0.25) is 5.91 Å². The van der Waals surface area contributed by atoms with E-state index in [1.165, 1.54) is 27.7 Å². The van der Waals surface area contributed by atoms with Gasteiger partial charge in [0, 0.05) is 19.5 Å². The lowest BCUT2D eigenvalue weighted by Crippen LogP contribution is -2.26. The fourth-order valence-electron chi connectivity index (χ4n) is 3.74. The third-order valence-electron chi connectivity index (χ3n) is 5.62. The molecule has 0 radical (unpaired) electrons. The van der Waals surface area contributed by atoms with E-state index in [1.54, 1.807) is 0 Å². The number of carbonyl (C=O) groups is 1. The number of benzene rings is 2. The summed E-state index contributed by atoms with van der Waals surface area (Å²) in [4.78, 5) is 25.2. The van der Waals surface area contributed by atoms with E-state index in [9.17, 15) is 22.8 Å². The van der Waals surface area contributed by atoms with Crippen LogP contribution in [-0.2, 0) is 24.1 Å². The van der Waals surface area contributed by atoms with Gasteiger partial charge in [0.25, 0.3) is 5.56 Å². The lowest BCUT2D eigenvalue weighted by atomic mass is 10.2. The number of hydrogen-bond acceptors (Lipinski definition) is 5. The summed E-state index contributed by atoms with van der Waals surface area (Å²) in [7, 11) is 0. The van der Waals surface area contributed by atoms with Crippen LogP contribution < -0.4 is 15.6 Å². The van der Waals surface area contributed by atoms with Gasteiger partial charge in [-0.1, -0.05) is 23.7 Å². The second-order valence-electron chi connectivity index (χ2n) is 8.87. The topological polar surface area (TPSA) is 91.0 Å². The fourth-order valence-corrected chi connectivity index (χ4v) is 4.02. The molecule has 200 valence electrons. The first-order chi connectivity index (χ1) is 18.0. The third-order valence-corrected chi connectivity index (χ3v) is 5.99. The highest BCUT2D eigenvalue weighted by Crippen LogP contribution is 2.30. The molecule has 12 heteroatoms. The monoisotopic (exact) mass is 547 g/mol. The Labute approximate surface area is 221 Å². The minimum Gasteiger partial charge on any atom is -0.491 e. The van der Waals surface area contributed by atoms with Crippen LogP contribution in [0.5, 0.6) is 5.75 Å². The van der Waals surface area contributed by atoms with Crippen molar-refractivity contribution >= 4 is 28.4 Å². The van der Waals surface area contributed by atoms with Crippen LogP contribution in [0, 0.1) is 0 Å². The Balaban J connectivity index is 1.36. The summed E-state index contributed by atoms with van der Waals surface area (Å²) < 4.78 is 46.5. The molecular weight excluding hydrogens is 523 g/mol. The van der Waals surface area contributed by atoms with Crippen LogP contribution in [0.1, 0.15) is 37.8 Å². The van der Waals surface area contributed by atoms with Gasteiger partial charge < -0.3 is 10.1 Å². The molecule has 2 aromatic heterocycles. The molecule has 38 heavy (non-hydrogen) atoms. The van der Waals surface area contributed by atoms with Crippen molar-refractivity contribution in [2.24, 2.45) is 0 Å². The molecule has 0 saturated carbocycles. The predicted octanol–water partition coefficient (Wildman–Crippen LogP) is 5.14. The molecule has 1 N–H and O–H groups in total. The minimum atomic E-state index is -4.47. The first kappa shape index (κ1) is 27.2. The lowest BCUT2D eigenvalue weighted by Gasteiger charge is -2.10. The highest BCUT2D eigenvalue weighted by Gasteiger charge is 2.30. The number of aromatic nitrogens is 4. The first-order valence-electron chi connectivity index (χ1n) is 11.9. The Morgan fingerprint density at radius 2 is 1.79 bits per heavy atom. The molecule has 0 atom stereocenters. The van der Waals surface area contributed by atoms with Gasteiger partial charge in [0.15, 0.2) is 5.52 Å². The number of aryl methyl sites for hydroxylation is 1. The van der Waals surface area contributed by atoms with E-state index in [0.717, 1.165) is 23.4 Å². The van der Waals surface area contributed by atoms with Gasteiger partial charge >= 0.3 is 6.18 Å². The molecule has 0 fully saturated rings. The molecule has 0 aliphatic heterocycles. The van der Waals surface area contributed by atoms with Crippen LogP contribution in [-0.4, -0.2) is 31.6 Å². The molecule has 0 saturated heterocycles. The average molecular weight is 548 g/mol. The zero-order valence-corrected chi connectivity index (χ0v) is 21.4. The molecule has 1 amide bonds. The van der Waals surface area contributed by atoms with Crippen molar-refractivity contribution in [1.29, 1.82) is 0 Å². The van der Waals surface area contributed by atoms with Crippen molar-refractivity contribution in [3.63, 3.8) is 0 Å². The Bertz CT molecular complexity index is 1480. The summed E-state index contributed by atoms with van der Waals surface area (Å²) in [5, 5.41) is 11.5. The highest BCUT2D eigenvalue weighted by atomic mass is 35.5. The van der Waals surface area contributed by atoms with Gasteiger partial charge in [-0.2, -0.15) is 23.4 Å². The molecule has 8 nitrogen and oxygen atoms in total. The standard InChI is InChI=1S/C26H25ClF3N5O3/c1-16(2)38-20-11-5-17(6-12-20)14-31-22(36)4-3-13-34-25(37)23-21(15-32-34)24(27)35(33-23)19-9-7-18(8-10-19)26(28,29)30/h5-12,15-16H,3-4,13-14H2,1-2H3,(H,31,36). The molecule has 4 aromatic rings. The summed E-state index contributed by atoms with van der Waals surface area (Å²) in [6, 6.07) is 11.7. The number of hydrogen-bond donors (Lipinski definition) is 1. The smallest absolute Gasteiger partial charge is 0.416 e. The molecule has 0 aliphatic carbocycles. The number of fused-ring (bicyclic) bond motifs is 1. The Morgan fingerprint density at radius 1 is 1.11 bits per heavy atom. The van der Waals surface area contributed by atoms with E-state index < -0.39 is 17.3 Å². The number of halogens is 4. The van der Waals surface area contributed by atoms with Gasteiger partial charge in [-0.25, -0.2) is 9.36 Å². The zero-order chi connectivity index (χ0) is 27.4. The molecular formula is C26H25ClF3N5O3. The van der Waals surface area contributed by atoms with Crippen molar-refractivity contribution in [3.05, 3.63) is 81.4 Å². The summed E-state index contributed by atoms with van der Waals surface area (Å²) in [6.45, 7) is 4.43. The second-order valence-corrected chi connectivity index (χ2v) is 9.23. The molecule has 0 aliphatic rings. The summed E-state index contributed by atoms with van der Waals surface area (Å²) in [5.74, 6) is 0.590. The summed E-state index contributed by atoms with van der Waals surface area (Å²) in [6.07, 6.45) is -2.48. The first-order valence-corrected chi connectivity index (χ1v) is 12.2. The molecule has 4 rings (SSSR count). The number of amides is 1. The van der Waals surface area contributed by atoms with Crippen molar-refractivity contribution < 1.29 is 22.7 Å². The van der Waals surface area contributed by atoms with Crippen LogP contribution in [0.3, 0.4) is 0 Å². The maximum atomic E-state index is 12.9.